The Bertz CT molecular complexity index is 1530. The van der Waals surface area contributed by atoms with Gasteiger partial charge in [0.25, 0.3) is 5.91 Å². The Morgan fingerprint density at radius 1 is 0.973 bits per heavy atom. The second-order valence-corrected chi connectivity index (χ2v) is 8.57. The maximum Gasteiger partial charge on any atom is 0.338 e. The second kappa shape index (κ2) is 10.1. The highest BCUT2D eigenvalue weighted by Crippen LogP contribution is 2.36. The minimum atomic E-state index is -0.374. The number of hydrogen-bond acceptors (Lipinski definition) is 4. The van der Waals surface area contributed by atoms with Gasteiger partial charge in [-0.25, -0.2) is 9.18 Å². The van der Waals surface area contributed by atoms with Crippen molar-refractivity contribution in [1.82, 2.24) is 0 Å². The van der Waals surface area contributed by atoms with Crippen LogP contribution in [0.25, 0.3) is 23.1 Å². The van der Waals surface area contributed by atoms with Gasteiger partial charge >= 0.3 is 5.97 Å². The molecule has 0 saturated heterocycles. The van der Waals surface area contributed by atoms with E-state index in [4.69, 9.17) is 9.15 Å². The van der Waals surface area contributed by atoms with Gasteiger partial charge in [0.15, 0.2) is 0 Å². The zero-order chi connectivity index (χ0) is 25.9. The Labute approximate surface area is 214 Å². The van der Waals surface area contributed by atoms with Crippen molar-refractivity contribution in [1.29, 1.82) is 0 Å². The van der Waals surface area contributed by atoms with Gasteiger partial charge in [0.05, 0.1) is 17.9 Å². The van der Waals surface area contributed by atoms with Gasteiger partial charge in [-0.15, -0.1) is 0 Å². The molecule has 184 valence electrons. The average molecular weight is 494 g/mol. The number of amides is 1. The standard InChI is InChI=1S/C31H24FNO4/c1-3-36-31(35)23-11-9-22(10-12-23)29-16-14-26(37-29)18-24-19-28(21-7-5-4-6-8-21)33(30(24)34)25-13-15-27(32)20(2)17-25/h4-19H,3H2,1-2H3/b24-18+. The highest BCUT2D eigenvalue weighted by atomic mass is 19.1. The first-order valence-corrected chi connectivity index (χ1v) is 11.9. The Morgan fingerprint density at radius 3 is 2.43 bits per heavy atom. The summed E-state index contributed by atoms with van der Waals surface area (Å²) in [6, 6.07) is 24.8. The maximum absolute atomic E-state index is 13.9. The van der Waals surface area contributed by atoms with Crippen LogP contribution in [-0.4, -0.2) is 18.5 Å². The van der Waals surface area contributed by atoms with Crippen molar-refractivity contribution in [2.45, 2.75) is 13.8 Å². The Morgan fingerprint density at radius 2 is 1.73 bits per heavy atom. The number of hydrogen-bond donors (Lipinski definition) is 0. The molecule has 0 unspecified atom stereocenters. The maximum atomic E-state index is 13.9. The normalized spacial score (nSPS) is 14.2. The van der Waals surface area contributed by atoms with Crippen molar-refractivity contribution in [2.24, 2.45) is 0 Å². The molecule has 5 rings (SSSR count). The number of aryl methyl sites for hydroxylation is 1. The Hall–Kier alpha value is -4.71. The largest absolute Gasteiger partial charge is 0.462 e. The highest BCUT2D eigenvalue weighted by molar-refractivity contribution is 6.23. The van der Waals surface area contributed by atoms with Crippen LogP contribution in [0.3, 0.4) is 0 Å². The number of carbonyl (C=O) groups is 2. The van der Waals surface area contributed by atoms with Crippen molar-refractivity contribution in [3.8, 4) is 11.3 Å². The molecule has 0 saturated carbocycles. The van der Waals surface area contributed by atoms with E-state index in [9.17, 15) is 14.0 Å². The zero-order valence-corrected chi connectivity index (χ0v) is 20.4. The van der Waals surface area contributed by atoms with E-state index in [2.05, 4.69) is 0 Å². The second-order valence-electron chi connectivity index (χ2n) is 8.57. The fraction of sp³-hybridized carbons (Fsp3) is 0.0968. The number of ether oxygens (including phenoxy) is 1. The summed E-state index contributed by atoms with van der Waals surface area (Å²) in [6.07, 6.45) is 3.50. The Balaban J connectivity index is 1.47. The van der Waals surface area contributed by atoms with E-state index in [1.54, 1.807) is 67.3 Å². The van der Waals surface area contributed by atoms with Gasteiger partial charge in [-0.05, 0) is 79.6 Å². The number of benzene rings is 3. The van der Waals surface area contributed by atoms with Crippen molar-refractivity contribution in [3.63, 3.8) is 0 Å². The third kappa shape index (κ3) is 4.86. The molecule has 1 aromatic heterocycles. The van der Waals surface area contributed by atoms with Gasteiger partial charge in [0.2, 0.25) is 0 Å². The molecule has 0 radical (unpaired) electrons. The highest BCUT2D eigenvalue weighted by Gasteiger charge is 2.31. The van der Waals surface area contributed by atoms with Crippen LogP contribution in [0, 0.1) is 12.7 Å². The summed E-state index contributed by atoms with van der Waals surface area (Å²) in [6.45, 7) is 3.75. The van der Waals surface area contributed by atoms with Crippen molar-refractivity contribution in [3.05, 3.63) is 125 Å². The van der Waals surface area contributed by atoms with E-state index < -0.39 is 0 Å². The smallest absolute Gasteiger partial charge is 0.338 e. The van der Waals surface area contributed by atoms with Crippen LogP contribution in [0.2, 0.25) is 0 Å². The summed E-state index contributed by atoms with van der Waals surface area (Å²) in [5.74, 6) is 0.177. The minimum absolute atomic E-state index is 0.235. The summed E-state index contributed by atoms with van der Waals surface area (Å²) in [5.41, 5.74) is 4.31. The van der Waals surface area contributed by atoms with Gasteiger partial charge < -0.3 is 9.15 Å². The predicted molar refractivity (Wildman–Crippen MR) is 141 cm³/mol. The fourth-order valence-corrected chi connectivity index (χ4v) is 4.18. The molecule has 5 nitrogen and oxygen atoms in total. The van der Waals surface area contributed by atoms with Crippen LogP contribution in [-0.2, 0) is 9.53 Å². The van der Waals surface area contributed by atoms with Gasteiger partial charge in [0.1, 0.15) is 17.3 Å². The number of furan rings is 1. The molecule has 0 fully saturated rings. The SMILES string of the molecule is CCOC(=O)c1ccc(-c2ccc(/C=C3\C=C(c4ccccc4)N(c4ccc(F)c(C)c4)C3=O)o2)cc1. The molecule has 4 aromatic rings. The lowest BCUT2D eigenvalue weighted by Crippen LogP contribution is -2.25. The summed E-state index contributed by atoms with van der Waals surface area (Å²) in [5, 5.41) is 0. The number of rotatable bonds is 6. The summed E-state index contributed by atoms with van der Waals surface area (Å²) >= 11 is 0. The van der Waals surface area contributed by atoms with E-state index in [0.29, 0.717) is 46.2 Å². The predicted octanol–water partition coefficient (Wildman–Crippen LogP) is 7.04. The lowest BCUT2D eigenvalue weighted by molar-refractivity contribution is -0.113. The molecule has 6 heteroatoms. The number of carbonyl (C=O) groups excluding carboxylic acids is 2. The first-order chi connectivity index (χ1) is 17.9. The average Bonchev–Trinajstić information content (AvgIpc) is 3.51. The van der Waals surface area contributed by atoms with E-state index >= 15 is 0 Å². The molecule has 0 N–H and O–H groups in total. The molecule has 1 aliphatic heterocycles. The van der Waals surface area contributed by atoms with Crippen molar-refractivity contribution in [2.75, 3.05) is 11.5 Å². The number of halogens is 1. The van der Waals surface area contributed by atoms with E-state index in [-0.39, 0.29) is 17.7 Å². The number of anilines is 1. The quantitative estimate of drug-likeness (QED) is 0.213. The minimum Gasteiger partial charge on any atom is -0.462 e. The molecular weight excluding hydrogens is 469 g/mol. The van der Waals surface area contributed by atoms with Crippen molar-refractivity contribution < 1.29 is 23.1 Å². The van der Waals surface area contributed by atoms with Crippen LogP contribution >= 0.6 is 0 Å². The molecule has 1 aliphatic rings. The van der Waals surface area contributed by atoms with Gasteiger partial charge in [-0.3, -0.25) is 9.69 Å². The molecule has 0 atom stereocenters. The Kier molecular flexibility index (Phi) is 6.56. The number of esters is 1. The zero-order valence-electron chi connectivity index (χ0n) is 20.4. The van der Waals surface area contributed by atoms with Crippen LogP contribution < -0.4 is 4.90 Å². The van der Waals surface area contributed by atoms with Gasteiger partial charge in [-0.1, -0.05) is 42.5 Å². The first kappa shape index (κ1) is 24.0. The third-order valence-corrected chi connectivity index (χ3v) is 6.06. The van der Waals surface area contributed by atoms with Crippen LogP contribution in [0.15, 0.2) is 101 Å². The molecule has 3 aromatic carbocycles. The van der Waals surface area contributed by atoms with E-state index in [1.807, 2.05) is 42.5 Å². The monoisotopic (exact) mass is 493 g/mol. The molecule has 2 heterocycles. The van der Waals surface area contributed by atoms with Gasteiger partial charge in [-0.2, -0.15) is 0 Å². The first-order valence-electron chi connectivity index (χ1n) is 11.9. The summed E-state index contributed by atoms with van der Waals surface area (Å²) in [7, 11) is 0. The number of nitrogens with zero attached hydrogens (tertiary/aromatic N) is 1. The summed E-state index contributed by atoms with van der Waals surface area (Å²) in [4.78, 5) is 27.0. The van der Waals surface area contributed by atoms with Crippen LogP contribution in [0.1, 0.15) is 34.2 Å². The van der Waals surface area contributed by atoms with E-state index in [0.717, 1.165) is 11.1 Å². The van der Waals surface area contributed by atoms with E-state index in [1.165, 1.54) is 6.07 Å². The van der Waals surface area contributed by atoms with Crippen LogP contribution in [0.5, 0.6) is 0 Å². The fourth-order valence-electron chi connectivity index (χ4n) is 4.18. The molecule has 37 heavy (non-hydrogen) atoms. The molecule has 1 amide bonds. The topological polar surface area (TPSA) is 59.8 Å². The van der Waals surface area contributed by atoms with Crippen molar-refractivity contribution >= 4 is 29.3 Å². The molecule has 0 bridgehead atoms. The lowest BCUT2D eigenvalue weighted by atomic mass is 10.1. The molecule has 0 spiro atoms. The lowest BCUT2D eigenvalue weighted by Gasteiger charge is -2.21. The molecular formula is C31H24FNO4. The van der Waals surface area contributed by atoms with Gasteiger partial charge in [0, 0.05) is 16.8 Å². The third-order valence-electron chi connectivity index (χ3n) is 6.06. The molecule has 0 aliphatic carbocycles. The summed E-state index contributed by atoms with van der Waals surface area (Å²) < 4.78 is 25.0. The van der Waals surface area contributed by atoms with Crippen LogP contribution in [0.4, 0.5) is 10.1 Å².